The number of halogens is 1. The highest BCUT2D eigenvalue weighted by Crippen LogP contribution is 2.21. The summed E-state index contributed by atoms with van der Waals surface area (Å²) in [5, 5.41) is -0.809. The highest BCUT2D eigenvalue weighted by molar-refractivity contribution is 6.14. The maximum atomic E-state index is 5.81. The molecule has 0 amide bonds. The summed E-state index contributed by atoms with van der Waals surface area (Å²) in [5.41, 5.74) is 5.81. The fraction of sp³-hybridized carbons (Fsp3) is 1.00. The Morgan fingerprint density at radius 3 is 1.50 bits per heavy atom. The van der Waals surface area contributed by atoms with Gasteiger partial charge in [-0.2, -0.15) is 0 Å². The van der Waals surface area contributed by atoms with Crippen LogP contribution in [0.3, 0.4) is 0 Å². The summed E-state index contributed by atoms with van der Waals surface area (Å²) >= 11 is 0. The molecule has 0 rings (SSSR count). The molecule has 0 aromatic heterocycles. The van der Waals surface area contributed by atoms with E-state index in [9.17, 15) is 0 Å². The van der Waals surface area contributed by atoms with Crippen LogP contribution < -0.4 is 5.73 Å². The zero-order valence-electron chi connectivity index (χ0n) is 8.21. The molecule has 0 saturated heterocycles. The van der Waals surface area contributed by atoms with Gasteiger partial charge in [0.25, 0.3) is 0 Å². The van der Waals surface area contributed by atoms with Gasteiger partial charge < -0.3 is 19.9 Å². The number of hydrogen-bond acceptors (Lipinski definition) is 4. The number of hydrogen-bond donors (Lipinski definition) is 1. The van der Waals surface area contributed by atoms with Gasteiger partial charge >= 0.3 is 0 Å². The Morgan fingerprint density at radius 2 is 1.42 bits per heavy atom. The molecule has 1 atom stereocenters. The Balaban J connectivity index is 0. The van der Waals surface area contributed by atoms with Crippen molar-refractivity contribution in [2.45, 2.75) is 18.1 Å². The van der Waals surface area contributed by atoms with Crippen LogP contribution in [0, 0.1) is 0 Å². The number of methoxy groups -OCH3 is 3. The van der Waals surface area contributed by atoms with Gasteiger partial charge in [0.2, 0.25) is 5.79 Å². The average Bonchev–Trinajstić information content (AvgIpc) is 2.02. The highest BCUT2D eigenvalue weighted by Gasteiger charge is 2.42. The molecule has 0 aliphatic rings. The van der Waals surface area contributed by atoms with Gasteiger partial charge in [-0.3, -0.25) is 0 Å². The molecule has 4 nitrogen and oxygen atoms in total. The lowest BCUT2D eigenvalue weighted by Crippen LogP contribution is -2.62. The lowest BCUT2D eigenvalue weighted by molar-refractivity contribution is -0.268. The maximum Gasteiger partial charge on any atom is 0.203 e. The number of rotatable bonds is 4. The minimum atomic E-state index is -0.853. The van der Waals surface area contributed by atoms with E-state index in [0.29, 0.717) is 10.2 Å². The molecule has 76 valence electrons. The summed E-state index contributed by atoms with van der Waals surface area (Å²) in [5.74, 6) is -0.853. The van der Waals surface area contributed by atoms with Crippen molar-refractivity contribution in [3.05, 3.63) is 0 Å². The topological polar surface area (TPSA) is 53.7 Å². The van der Waals surface area contributed by atoms with Crippen LogP contribution in [0.25, 0.3) is 0 Å². The Bertz CT molecular complexity index is 130. The van der Waals surface area contributed by atoms with Gasteiger partial charge in [0, 0.05) is 21.3 Å². The molecule has 12 heavy (non-hydrogen) atoms. The third-order valence-electron chi connectivity index (χ3n) is 2.10. The first-order valence-electron chi connectivity index (χ1n) is 3.38. The van der Waals surface area contributed by atoms with E-state index >= 15 is 0 Å². The van der Waals surface area contributed by atoms with E-state index in [-0.39, 0.29) is 12.4 Å². The van der Waals surface area contributed by atoms with Crippen molar-refractivity contribution in [1.82, 2.24) is 0 Å². The average molecular weight is 216 g/mol. The molecule has 0 bridgehead atoms. The van der Waals surface area contributed by atoms with Crippen molar-refractivity contribution in [1.29, 1.82) is 0 Å². The molecular weight excluding hydrogens is 198 g/mol. The Morgan fingerprint density at radius 1 is 1.08 bits per heavy atom. The van der Waals surface area contributed by atoms with E-state index in [4.69, 9.17) is 19.9 Å². The van der Waals surface area contributed by atoms with Crippen molar-refractivity contribution >= 4 is 22.6 Å². The van der Waals surface area contributed by atoms with Crippen LogP contribution in [0.15, 0.2) is 0 Å². The minimum absolute atomic E-state index is 0. The molecule has 1 unspecified atom stereocenters. The molecule has 0 aliphatic heterocycles. The normalized spacial score (nSPS) is 16.8. The van der Waals surface area contributed by atoms with Crippen LogP contribution in [0.4, 0.5) is 0 Å². The van der Waals surface area contributed by atoms with Crippen LogP contribution >= 0.6 is 12.4 Å². The summed E-state index contributed by atoms with van der Waals surface area (Å²) in [6.07, 6.45) is 0. The molecule has 0 heterocycles. The molecule has 0 aliphatic carbocycles. The van der Waals surface area contributed by atoms with Gasteiger partial charge in [0.05, 0.1) is 10.2 Å². The second kappa shape index (κ2) is 5.16. The Hall–Kier alpha value is 0.347. The first-order chi connectivity index (χ1) is 4.93. The predicted octanol–water partition coefficient (Wildman–Crippen LogP) is -0.959. The molecule has 0 spiro atoms. The minimum Gasteiger partial charge on any atom is -0.363 e. The van der Waals surface area contributed by atoms with Crippen molar-refractivity contribution in [3.63, 3.8) is 0 Å². The van der Waals surface area contributed by atoms with Gasteiger partial charge in [-0.25, -0.2) is 0 Å². The molecule has 0 aromatic carbocycles. The zero-order chi connectivity index (χ0) is 9.12. The fourth-order valence-corrected chi connectivity index (χ4v) is 1.08. The van der Waals surface area contributed by atoms with Crippen LogP contribution in [0.2, 0.25) is 0 Å². The third kappa shape index (κ3) is 2.69. The monoisotopic (exact) mass is 215 g/mol. The third-order valence-corrected chi connectivity index (χ3v) is 3.42. The fourth-order valence-electron chi connectivity index (χ4n) is 0.674. The van der Waals surface area contributed by atoms with Gasteiger partial charge in [-0.1, -0.05) is 0 Å². The largest absolute Gasteiger partial charge is 0.363 e. The SMILES string of the molecule is COC(N)([SiH3])C(C)(OC)OC.Cl. The molecule has 0 saturated carbocycles. The van der Waals surface area contributed by atoms with Crippen molar-refractivity contribution < 1.29 is 14.2 Å². The Labute approximate surface area is 82.6 Å². The summed E-state index contributed by atoms with van der Waals surface area (Å²) in [7, 11) is 5.26. The lowest BCUT2D eigenvalue weighted by atomic mass is 10.3. The quantitative estimate of drug-likeness (QED) is 0.485. The van der Waals surface area contributed by atoms with Gasteiger partial charge in [0.1, 0.15) is 5.35 Å². The summed E-state index contributed by atoms with van der Waals surface area (Å²) < 4.78 is 15.3. The first-order valence-corrected chi connectivity index (χ1v) is 4.38. The van der Waals surface area contributed by atoms with E-state index in [1.807, 2.05) is 0 Å². The molecule has 6 heteroatoms. The molecular formula is C6H18ClNO3Si. The Kier molecular flexibility index (Phi) is 6.38. The smallest absolute Gasteiger partial charge is 0.203 e. The van der Waals surface area contributed by atoms with Crippen LogP contribution in [0.1, 0.15) is 6.92 Å². The van der Waals surface area contributed by atoms with Crippen LogP contribution in [-0.2, 0) is 14.2 Å². The van der Waals surface area contributed by atoms with E-state index < -0.39 is 11.1 Å². The van der Waals surface area contributed by atoms with E-state index in [0.717, 1.165) is 0 Å². The van der Waals surface area contributed by atoms with E-state index in [1.54, 1.807) is 28.3 Å². The second-order valence-corrected chi connectivity index (χ2v) is 4.15. The maximum absolute atomic E-state index is 5.81. The van der Waals surface area contributed by atoms with Crippen LogP contribution in [0.5, 0.6) is 0 Å². The summed E-state index contributed by atoms with van der Waals surface area (Å²) in [6, 6.07) is 0. The standard InChI is InChI=1S/C6H17NO3Si.ClH/c1-5(8-2,9-3)6(7,11)10-4;/h7H2,1-4,11H3;1H. The highest BCUT2D eigenvalue weighted by atomic mass is 35.5. The van der Waals surface area contributed by atoms with Gasteiger partial charge in [0.15, 0.2) is 0 Å². The van der Waals surface area contributed by atoms with Gasteiger partial charge in [-0.15, -0.1) is 12.4 Å². The first kappa shape index (κ1) is 14.8. The van der Waals surface area contributed by atoms with E-state index in [2.05, 4.69) is 0 Å². The predicted molar refractivity (Wildman–Crippen MR) is 53.5 cm³/mol. The second-order valence-electron chi connectivity index (χ2n) is 2.67. The molecule has 0 fully saturated rings. The molecule has 0 radical (unpaired) electrons. The molecule has 0 aromatic rings. The zero-order valence-corrected chi connectivity index (χ0v) is 11.0. The van der Waals surface area contributed by atoms with Crippen molar-refractivity contribution in [2.75, 3.05) is 21.3 Å². The number of nitrogens with two attached hydrogens (primary N) is 1. The van der Waals surface area contributed by atoms with Crippen molar-refractivity contribution in [2.24, 2.45) is 5.73 Å². The van der Waals surface area contributed by atoms with Gasteiger partial charge in [-0.05, 0) is 6.92 Å². The van der Waals surface area contributed by atoms with Crippen LogP contribution in [-0.4, -0.2) is 42.7 Å². The van der Waals surface area contributed by atoms with E-state index in [1.165, 1.54) is 0 Å². The summed E-state index contributed by atoms with van der Waals surface area (Å²) in [6.45, 7) is 1.75. The van der Waals surface area contributed by atoms with Crippen molar-refractivity contribution in [3.8, 4) is 0 Å². The molecule has 2 N–H and O–H groups in total. The summed E-state index contributed by atoms with van der Waals surface area (Å²) in [4.78, 5) is 0. The number of ether oxygens (including phenoxy) is 3. The lowest BCUT2D eigenvalue weighted by Gasteiger charge is -2.40.